The van der Waals surface area contributed by atoms with Crippen molar-refractivity contribution in [1.82, 2.24) is 5.48 Å². The van der Waals surface area contributed by atoms with E-state index in [0.29, 0.717) is 6.61 Å². The molecule has 3 nitrogen and oxygen atoms in total. The van der Waals surface area contributed by atoms with Crippen molar-refractivity contribution in [2.75, 3.05) is 26.9 Å². The summed E-state index contributed by atoms with van der Waals surface area (Å²) in [6, 6.07) is 0. The predicted molar refractivity (Wildman–Crippen MR) is 89.0 cm³/mol. The third-order valence-electron chi connectivity index (χ3n) is 3.61. The van der Waals surface area contributed by atoms with E-state index < -0.39 is 0 Å². The number of hydrogen-bond donors (Lipinski definition) is 1. The fourth-order valence-corrected chi connectivity index (χ4v) is 2.30. The minimum Gasteiger partial charge on any atom is -0.383 e. The molecule has 0 aliphatic carbocycles. The minimum absolute atomic E-state index is 0. The Morgan fingerprint density at radius 2 is 1.20 bits per heavy atom. The van der Waals surface area contributed by atoms with E-state index in [1.165, 1.54) is 70.6 Å². The van der Waals surface area contributed by atoms with Crippen molar-refractivity contribution in [3.8, 4) is 0 Å². The third-order valence-corrected chi connectivity index (χ3v) is 3.61. The molecular formula is C17H39NO2. The SMILES string of the molecule is CCCCCCCCCCCCCCONCCOC.[HH]. The highest BCUT2D eigenvalue weighted by Crippen LogP contribution is 2.11. The zero-order valence-corrected chi connectivity index (χ0v) is 13.9. The molecule has 0 saturated heterocycles. The molecule has 0 bridgehead atoms. The van der Waals surface area contributed by atoms with E-state index in [9.17, 15) is 0 Å². The van der Waals surface area contributed by atoms with E-state index in [1.807, 2.05) is 0 Å². The van der Waals surface area contributed by atoms with Crippen LogP contribution in [0.1, 0.15) is 85.4 Å². The first-order valence-corrected chi connectivity index (χ1v) is 8.75. The summed E-state index contributed by atoms with van der Waals surface area (Å²) in [6.45, 7) is 4.58. The highest BCUT2D eigenvalue weighted by Gasteiger charge is 1.94. The topological polar surface area (TPSA) is 30.5 Å². The van der Waals surface area contributed by atoms with Gasteiger partial charge < -0.3 is 9.57 Å². The van der Waals surface area contributed by atoms with E-state index >= 15 is 0 Å². The Bertz CT molecular complexity index is 153. The summed E-state index contributed by atoms with van der Waals surface area (Å²) in [5.74, 6) is 0. The molecule has 0 spiro atoms. The molecule has 0 saturated carbocycles. The maximum Gasteiger partial charge on any atom is 0.0682 e. The van der Waals surface area contributed by atoms with Crippen molar-refractivity contribution < 1.29 is 11.0 Å². The van der Waals surface area contributed by atoms with Crippen molar-refractivity contribution in [3.05, 3.63) is 0 Å². The van der Waals surface area contributed by atoms with Crippen LogP contribution in [0.2, 0.25) is 0 Å². The van der Waals surface area contributed by atoms with Crippen LogP contribution in [0.25, 0.3) is 0 Å². The van der Waals surface area contributed by atoms with Gasteiger partial charge in [-0.25, -0.2) is 5.48 Å². The van der Waals surface area contributed by atoms with Gasteiger partial charge in [0.25, 0.3) is 0 Å². The molecule has 20 heavy (non-hydrogen) atoms. The van der Waals surface area contributed by atoms with Gasteiger partial charge in [0, 0.05) is 15.1 Å². The molecule has 0 rings (SSSR count). The Labute approximate surface area is 128 Å². The van der Waals surface area contributed by atoms with Crippen LogP contribution >= 0.6 is 0 Å². The maximum absolute atomic E-state index is 5.30. The average Bonchev–Trinajstić information content (AvgIpc) is 2.47. The second-order valence-electron chi connectivity index (χ2n) is 5.62. The van der Waals surface area contributed by atoms with Crippen molar-refractivity contribution in [2.45, 2.75) is 84.0 Å². The maximum atomic E-state index is 5.30. The Morgan fingerprint density at radius 1 is 0.700 bits per heavy atom. The molecule has 0 aliphatic rings. The van der Waals surface area contributed by atoms with Crippen molar-refractivity contribution >= 4 is 0 Å². The lowest BCUT2D eigenvalue weighted by Crippen LogP contribution is -2.20. The molecule has 0 aliphatic heterocycles. The van der Waals surface area contributed by atoms with E-state index in [2.05, 4.69) is 12.4 Å². The van der Waals surface area contributed by atoms with Gasteiger partial charge in [-0.2, -0.15) is 0 Å². The largest absolute Gasteiger partial charge is 0.383 e. The van der Waals surface area contributed by atoms with Gasteiger partial charge in [-0.1, -0.05) is 77.6 Å². The van der Waals surface area contributed by atoms with Crippen molar-refractivity contribution in [1.29, 1.82) is 0 Å². The van der Waals surface area contributed by atoms with Crippen LogP contribution in [-0.2, 0) is 9.57 Å². The second-order valence-corrected chi connectivity index (χ2v) is 5.62. The van der Waals surface area contributed by atoms with E-state index in [-0.39, 0.29) is 1.43 Å². The van der Waals surface area contributed by atoms with Gasteiger partial charge in [0.2, 0.25) is 0 Å². The number of hydroxylamine groups is 1. The fourth-order valence-electron chi connectivity index (χ4n) is 2.30. The number of nitrogens with one attached hydrogen (secondary N) is 1. The van der Waals surface area contributed by atoms with Gasteiger partial charge in [-0.05, 0) is 6.42 Å². The molecule has 0 aromatic heterocycles. The van der Waals surface area contributed by atoms with E-state index in [4.69, 9.17) is 9.57 Å². The van der Waals surface area contributed by atoms with Crippen LogP contribution < -0.4 is 5.48 Å². The van der Waals surface area contributed by atoms with Crippen LogP contribution in [0.3, 0.4) is 0 Å². The second kappa shape index (κ2) is 18.9. The van der Waals surface area contributed by atoms with Crippen LogP contribution in [0, 0.1) is 0 Å². The number of ether oxygens (including phenoxy) is 1. The van der Waals surface area contributed by atoms with Crippen LogP contribution in [-0.4, -0.2) is 26.9 Å². The minimum atomic E-state index is 0. The molecule has 0 aromatic carbocycles. The fraction of sp³-hybridized carbons (Fsp3) is 1.00. The Morgan fingerprint density at radius 3 is 1.70 bits per heavy atom. The summed E-state index contributed by atoms with van der Waals surface area (Å²) in [6.07, 6.45) is 16.6. The van der Waals surface area contributed by atoms with Crippen LogP contribution in [0.15, 0.2) is 0 Å². The number of hydrogen-bond acceptors (Lipinski definition) is 3. The highest BCUT2D eigenvalue weighted by molar-refractivity contribution is 4.48. The summed E-state index contributed by atoms with van der Waals surface area (Å²) in [4.78, 5) is 5.30. The normalized spacial score (nSPS) is 11.1. The summed E-state index contributed by atoms with van der Waals surface area (Å²) in [7, 11) is 1.70. The predicted octanol–water partition coefficient (Wildman–Crippen LogP) is 5.10. The Kier molecular flexibility index (Phi) is 18.8. The lowest BCUT2D eigenvalue weighted by Gasteiger charge is -2.05. The summed E-state index contributed by atoms with van der Waals surface area (Å²) in [5, 5.41) is 0. The lowest BCUT2D eigenvalue weighted by atomic mass is 10.1. The van der Waals surface area contributed by atoms with E-state index in [1.54, 1.807) is 7.11 Å². The van der Waals surface area contributed by atoms with Gasteiger partial charge in [-0.3, -0.25) is 0 Å². The molecule has 3 heteroatoms. The standard InChI is InChI=1S/C17H37NO2.H2/c1-3-4-5-6-7-8-9-10-11-12-13-14-16-20-18-15-17-19-2;/h18H,3-17H2,1-2H3;1H. The smallest absolute Gasteiger partial charge is 0.0682 e. The zero-order valence-electron chi connectivity index (χ0n) is 13.9. The molecule has 0 amide bonds. The first-order valence-electron chi connectivity index (χ1n) is 8.75. The van der Waals surface area contributed by atoms with E-state index in [0.717, 1.165) is 19.6 Å². The summed E-state index contributed by atoms with van der Waals surface area (Å²) in [5.41, 5.74) is 2.90. The summed E-state index contributed by atoms with van der Waals surface area (Å²) < 4.78 is 4.92. The average molecular weight is 290 g/mol. The lowest BCUT2D eigenvalue weighted by molar-refractivity contribution is 0.0248. The van der Waals surface area contributed by atoms with Gasteiger partial charge in [0.1, 0.15) is 0 Å². The van der Waals surface area contributed by atoms with Gasteiger partial charge in [0.05, 0.1) is 13.2 Å². The van der Waals surface area contributed by atoms with Crippen molar-refractivity contribution in [3.63, 3.8) is 0 Å². The first kappa shape index (κ1) is 19.9. The molecular weight excluding hydrogens is 250 g/mol. The highest BCUT2D eigenvalue weighted by atomic mass is 16.6. The molecule has 124 valence electrons. The van der Waals surface area contributed by atoms with Crippen LogP contribution in [0.5, 0.6) is 0 Å². The molecule has 0 fully saturated rings. The van der Waals surface area contributed by atoms with Crippen molar-refractivity contribution in [2.24, 2.45) is 0 Å². The summed E-state index contributed by atoms with van der Waals surface area (Å²) >= 11 is 0. The zero-order chi connectivity index (χ0) is 14.7. The van der Waals surface area contributed by atoms with Gasteiger partial charge in [-0.15, -0.1) is 0 Å². The van der Waals surface area contributed by atoms with Gasteiger partial charge in [0.15, 0.2) is 0 Å². The molecule has 0 radical (unpaired) electrons. The molecule has 0 atom stereocenters. The number of methoxy groups -OCH3 is 1. The number of rotatable bonds is 17. The monoisotopic (exact) mass is 289 g/mol. The first-order chi connectivity index (χ1) is 9.91. The Hall–Kier alpha value is -0.120. The molecule has 0 heterocycles. The quantitative estimate of drug-likeness (QED) is 0.298. The molecule has 0 unspecified atom stereocenters. The molecule has 1 N–H and O–H groups in total. The van der Waals surface area contributed by atoms with Gasteiger partial charge >= 0.3 is 0 Å². The third kappa shape index (κ3) is 17.9. The molecule has 0 aromatic rings. The van der Waals surface area contributed by atoms with Crippen LogP contribution in [0.4, 0.5) is 0 Å². The number of unbranched alkanes of at least 4 members (excludes halogenated alkanes) is 11. The Balaban J connectivity index is 0.